The second-order valence-electron chi connectivity index (χ2n) is 7.36. The predicted molar refractivity (Wildman–Crippen MR) is 122 cm³/mol. The van der Waals surface area contributed by atoms with E-state index in [1.165, 1.54) is 0 Å². The molecular weight excluding hydrogens is 392 g/mol. The number of methoxy groups -OCH3 is 3. The van der Waals surface area contributed by atoms with Crippen LogP contribution < -0.4 is 19.1 Å². The largest absolute Gasteiger partial charge is 0.493 e. The molecule has 4 rings (SSSR count). The van der Waals surface area contributed by atoms with Crippen LogP contribution in [0.3, 0.4) is 0 Å². The first-order chi connectivity index (χ1) is 15.0. The standard InChI is InChI=1S/C24H26N4O3/c1-27(2)18-12-10-16(11-13-18)23(28-25-19-8-6-7-9-20(19)26-28)17-14-21(29-3)24(31-5)22(15-17)30-4/h6-15,23H,1-5H3. The number of fused-ring (bicyclic) bond motifs is 1. The third-order valence-corrected chi connectivity index (χ3v) is 5.26. The fourth-order valence-electron chi connectivity index (χ4n) is 3.66. The van der Waals surface area contributed by atoms with E-state index in [-0.39, 0.29) is 6.04 Å². The zero-order valence-electron chi connectivity index (χ0n) is 18.4. The van der Waals surface area contributed by atoms with Gasteiger partial charge in [0, 0.05) is 19.8 Å². The van der Waals surface area contributed by atoms with Gasteiger partial charge in [-0.15, -0.1) is 0 Å². The van der Waals surface area contributed by atoms with E-state index in [0.717, 1.165) is 27.8 Å². The molecule has 0 radical (unpaired) electrons. The first-order valence-corrected chi connectivity index (χ1v) is 9.94. The lowest BCUT2D eigenvalue weighted by atomic mass is 9.98. The molecule has 1 unspecified atom stereocenters. The lowest BCUT2D eigenvalue weighted by molar-refractivity contribution is 0.323. The van der Waals surface area contributed by atoms with E-state index in [1.54, 1.807) is 26.1 Å². The molecule has 0 amide bonds. The number of anilines is 1. The first-order valence-electron chi connectivity index (χ1n) is 9.94. The Labute approximate surface area is 181 Å². The molecule has 0 aliphatic heterocycles. The van der Waals surface area contributed by atoms with Gasteiger partial charge in [-0.2, -0.15) is 15.0 Å². The van der Waals surface area contributed by atoms with Gasteiger partial charge in [0.15, 0.2) is 11.5 Å². The highest BCUT2D eigenvalue weighted by Crippen LogP contribution is 2.41. The summed E-state index contributed by atoms with van der Waals surface area (Å²) in [5.74, 6) is 1.72. The SMILES string of the molecule is COc1cc(C(c2ccc(N(C)C)cc2)n2nc3ccccc3n2)cc(OC)c1OC. The maximum absolute atomic E-state index is 5.59. The number of nitrogens with zero attached hydrogens (tertiary/aromatic N) is 4. The molecule has 1 atom stereocenters. The van der Waals surface area contributed by atoms with Gasteiger partial charge < -0.3 is 19.1 Å². The van der Waals surface area contributed by atoms with Crippen molar-refractivity contribution in [2.75, 3.05) is 40.3 Å². The Hall–Kier alpha value is -3.74. The third-order valence-electron chi connectivity index (χ3n) is 5.26. The normalized spacial score (nSPS) is 11.9. The van der Waals surface area contributed by atoms with E-state index in [1.807, 2.05) is 50.5 Å². The van der Waals surface area contributed by atoms with E-state index < -0.39 is 0 Å². The van der Waals surface area contributed by atoms with Gasteiger partial charge in [-0.05, 0) is 47.5 Å². The van der Waals surface area contributed by atoms with Crippen molar-refractivity contribution in [3.63, 3.8) is 0 Å². The Morgan fingerprint density at radius 3 is 1.74 bits per heavy atom. The topological polar surface area (TPSA) is 61.6 Å². The summed E-state index contributed by atoms with van der Waals surface area (Å²) in [6.07, 6.45) is 0. The van der Waals surface area contributed by atoms with Crippen LogP contribution in [0.5, 0.6) is 17.2 Å². The minimum atomic E-state index is -0.280. The van der Waals surface area contributed by atoms with Crippen LogP contribution in [0.2, 0.25) is 0 Å². The van der Waals surface area contributed by atoms with Crippen LogP contribution in [0.1, 0.15) is 17.2 Å². The van der Waals surface area contributed by atoms with E-state index in [4.69, 9.17) is 24.4 Å². The predicted octanol–water partition coefficient (Wildman–Crippen LogP) is 4.16. The molecule has 0 saturated carbocycles. The molecule has 1 aromatic heterocycles. The lowest BCUT2D eigenvalue weighted by Gasteiger charge is -2.21. The minimum absolute atomic E-state index is 0.280. The molecule has 0 aliphatic carbocycles. The summed E-state index contributed by atoms with van der Waals surface area (Å²) < 4.78 is 16.7. The molecular formula is C24H26N4O3. The molecule has 4 aromatic rings. The minimum Gasteiger partial charge on any atom is -0.493 e. The van der Waals surface area contributed by atoms with E-state index in [9.17, 15) is 0 Å². The maximum Gasteiger partial charge on any atom is 0.203 e. The maximum atomic E-state index is 5.59. The van der Waals surface area contributed by atoms with Crippen molar-refractivity contribution in [3.05, 3.63) is 71.8 Å². The van der Waals surface area contributed by atoms with Crippen LogP contribution in [0.15, 0.2) is 60.7 Å². The van der Waals surface area contributed by atoms with Crippen molar-refractivity contribution in [2.24, 2.45) is 0 Å². The van der Waals surface area contributed by atoms with Crippen LogP contribution in [-0.4, -0.2) is 50.4 Å². The summed E-state index contributed by atoms with van der Waals surface area (Å²) in [5.41, 5.74) is 4.76. The quantitative estimate of drug-likeness (QED) is 0.449. The van der Waals surface area contributed by atoms with Gasteiger partial charge in [0.25, 0.3) is 0 Å². The molecule has 0 fully saturated rings. The van der Waals surface area contributed by atoms with Crippen LogP contribution in [-0.2, 0) is 0 Å². The summed E-state index contributed by atoms with van der Waals surface area (Å²) in [7, 11) is 8.87. The van der Waals surface area contributed by atoms with Crippen LogP contribution in [0.4, 0.5) is 5.69 Å². The molecule has 0 N–H and O–H groups in total. The number of benzene rings is 3. The lowest BCUT2D eigenvalue weighted by Crippen LogP contribution is -2.16. The van der Waals surface area contributed by atoms with Crippen LogP contribution in [0.25, 0.3) is 11.0 Å². The number of rotatable bonds is 7. The molecule has 0 aliphatic rings. The third kappa shape index (κ3) is 3.86. The van der Waals surface area contributed by atoms with E-state index in [0.29, 0.717) is 17.2 Å². The molecule has 160 valence electrons. The van der Waals surface area contributed by atoms with Crippen molar-refractivity contribution in [1.29, 1.82) is 0 Å². The van der Waals surface area contributed by atoms with Crippen molar-refractivity contribution >= 4 is 16.7 Å². The van der Waals surface area contributed by atoms with Crippen LogP contribution >= 0.6 is 0 Å². The molecule has 1 heterocycles. The molecule has 7 nitrogen and oxygen atoms in total. The van der Waals surface area contributed by atoms with Gasteiger partial charge in [0.1, 0.15) is 17.1 Å². The Balaban J connectivity index is 1.92. The number of aromatic nitrogens is 3. The van der Waals surface area contributed by atoms with Gasteiger partial charge in [-0.25, -0.2) is 0 Å². The van der Waals surface area contributed by atoms with E-state index >= 15 is 0 Å². The second kappa shape index (κ2) is 8.55. The zero-order chi connectivity index (χ0) is 22.0. The molecule has 7 heteroatoms. The Morgan fingerprint density at radius 2 is 1.29 bits per heavy atom. The van der Waals surface area contributed by atoms with Crippen molar-refractivity contribution in [2.45, 2.75) is 6.04 Å². The summed E-state index contributed by atoms with van der Waals surface area (Å²) in [5, 5.41) is 9.52. The smallest absolute Gasteiger partial charge is 0.203 e. The van der Waals surface area contributed by atoms with Gasteiger partial charge in [0.2, 0.25) is 5.75 Å². The summed E-state index contributed by atoms with van der Waals surface area (Å²) in [6, 6.07) is 19.8. The molecule has 0 saturated heterocycles. The average Bonchev–Trinajstić information content (AvgIpc) is 3.22. The fraction of sp³-hybridized carbons (Fsp3) is 0.250. The monoisotopic (exact) mass is 418 g/mol. The van der Waals surface area contributed by atoms with Crippen molar-refractivity contribution in [1.82, 2.24) is 15.0 Å². The highest BCUT2D eigenvalue weighted by atomic mass is 16.5. The average molecular weight is 418 g/mol. The number of ether oxygens (including phenoxy) is 3. The highest BCUT2D eigenvalue weighted by Gasteiger charge is 2.24. The zero-order valence-corrected chi connectivity index (χ0v) is 18.4. The van der Waals surface area contributed by atoms with Crippen molar-refractivity contribution < 1.29 is 14.2 Å². The van der Waals surface area contributed by atoms with E-state index in [2.05, 4.69) is 29.2 Å². The summed E-state index contributed by atoms with van der Waals surface area (Å²) in [4.78, 5) is 3.81. The van der Waals surface area contributed by atoms with Gasteiger partial charge >= 0.3 is 0 Å². The molecule has 0 bridgehead atoms. The number of hydrogen-bond donors (Lipinski definition) is 0. The molecule has 3 aromatic carbocycles. The van der Waals surface area contributed by atoms with Gasteiger partial charge in [-0.3, -0.25) is 0 Å². The van der Waals surface area contributed by atoms with Crippen LogP contribution in [0, 0.1) is 0 Å². The van der Waals surface area contributed by atoms with Crippen molar-refractivity contribution in [3.8, 4) is 17.2 Å². The molecule has 0 spiro atoms. The summed E-state index contributed by atoms with van der Waals surface area (Å²) in [6.45, 7) is 0. The summed E-state index contributed by atoms with van der Waals surface area (Å²) >= 11 is 0. The van der Waals surface area contributed by atoms with Gasteiger partial charge in [0.05, 0.1) is 21.3 Å². The fourth-order valence-corrected chi connectivity index (χ4v) is 3.66. The molecule has 31 heavy (non-hydrogen) atoms. The Bertz CT molecular complexity index is 1130. The second-order valence-corrected chi connectivity index (χ2v) is 7.36. The first kappa shape index (κ1) is 20.5. The number of hydrogen-bond acceptors (Lipinski definition) is 6. The highest BCUT2D eigenvalue weighted by molar-refractivity contribution is 5.73. The Kier molecular flexibility index (Phi) is 5.66. The Morgan fingerprint density at radius 1 is 0.742 bits per heavy atom. The van der Waals surface area contributed by atoms with Gasteiger partial charge in [-0.1, -0.05) is 24.3 Å².